The van der Waals surface area contributed by atoms with Crippen molar-refractivity contribution >= 4 is 5.91 Å². The van der Waals surface area contributed by atoms with Crippen molar-refractivity contribution < 1.29 is 14.6 Å². The van der Waals surface area contributed by atoms with E-state index >= 15 is 0 Å². The highest BCUT2D eigenvalue weighted by molar-refractivity contribution is 5.94. The first-order chi connectivity index (χ1) is 16.5. The second kappa shape index (κ2) is 7.73. The van der Waals surface area contributed by atoms with Gasteiger partial charge in [0.15, 0.2) is 0 Å². The van der Waals surface area contributed by atoms with E-state index in [9.17, 15) is 9.90 Å². The Bertz CT molecular complexity index is 1210. The van der Waals surface area contributed by atoms with E-state index in [1.807, 2.05) is 49.5 Å². The highest BCUT2D eigenvalue weighted by atomic mass is 16.5. The first-order valence-corrected chi connectivity index (χ1v) is 12.2. The fourth-order valence-electron chi connectivity index (χ4n) is 7.24. The number of aliphatic hydroxyl groups is 1. The summed E-state index contributed by atoms with van der Waals surface area (Å²) < 4.78 is 6.64. The molecule has 5 heteroatoms. The third kappa shape index (κ3) is 2.79. The maximum atomic E-state index is 13.1. The number of benzene rings is 2. The predicted octanol–water partition coefficient (Wildman–Crippen LogP) is 2.91. The van der Waals surface area contributed by atoms with Gasteiger partial charge in [0.1, 0.15) is 11.9 Å². The molecule has 2 aromatic rings. The Morgan fingerprint density at radius 3 is 2.88 bits per heavy atom. The minimum absolute atomic E-state index is 0.0195. The molecule has 2 bridgehead atoms. The van der Waals surface area contributed by atoms with Crippen molar-refractivity contribution in [1.29, 1.82) is 0 Å². The summed E-state index contributed by atoms with van der Waals surface area (Å²) in [7, 11) is 1.83. The van der Waals surface area contributed by atoms with Crippen molar-refractivity contribution in [2.24, 2.45) is 0 Å². The molecule has 1 N–H and O–H groups in total. The number of likely N-dealkylation sites (tertiary alicyclic amines) is 1. The van der Waals surface area contributed by atoms with E-state index in [0.29, 0.717) is 12.8 Å². The van der Waals surface area contributed by atoms with E-state index in [2.05, 4.69) is 35.5 Å². The number of ether oxygens (including phenoxy) is 1. The molecule has 2 aliphatic carbocycles. The van der Waals surface area contributed by atoms with Gasteiger partial charge in [-0.3, -0.25) is 9.69 Å². The average Bonchev–Trinajstić information content (AvgIpc) is 3.19. The van der Waals surface area contributed by atoms with Crippen molar-refractivity contribution in [1.82, 2.24) is 9.80 Å². The zero-order valence-electron chi connectivity index (χ0n) is 19.5. The fourth-order valence-corrected chi connectivity index (χ4v) is 7.24. The Morgan fingerprint density at radius 1 is 1.26 bits per heavy atom. The molecular weight excluding hydrogens is 424 g/mol. The van der Waals surface area contributed by atoms with Crippen LogP contribution in [0.1, 0.15) is 36.0 Å². The van der Waals surface area contributed by atoms with Crippen LogP contribution in [0, 0.1) is 11.8 Å². The lowest BCUT2D eigenvalue weighted by Gasteiger charge is -2.64. The maximum absolute atomic E-state index is 13.1. The van der Waals surface area contributed by atoms with E-state index in [1.54, 1.807) is 4.90 Å². The highest BCUT2D eigenvalue weighted by Gasteiger charge is 2.72. The Labute approximate surface area is 201 Å². The van der Waals surface area contributed by atoms with E-state index in [4.69, 9.17) is 4.74 Å². The van der Waals surface area contributed by atoms with Crippen LogP contribution in [-0.2, 0) is 16.6 Å². The van der Waals surface area contributed by atoms with Gasteiger partial charge in [0.2, 0.25) is 0 Å². The lowest BCUT2D eigenvalue weighted by atomic mass is 9.48. The summed E-state index contributed by atoms with van der Waals surface area (Å²) in [4.78, 5) is 17.3. The number of amides is 1. The Balaban J connectivity index is 1.38. The molecule has 1 saturated carbocycles. The Kier molecular flexibility index (Phi) is 4.88. The van der Waals surface area contributed by atoms with Gasteiger partial charge < -0.3 is 14.7 Å². The lowest BCUT2D eigenvalue weighted by molar-refractivity contribution is -0.197. The van der Waals surface area contributed by atoms with Crippen molar-refractivity contribution in [2.75, 3.05) is 20.1 Å². The summed E-state index contributed by atoms with van der Waals surface area (Å²) in [5, 5.41) is 12.4. The van der Waals surface area contributed by atoms with Gasteiger partial charge in [-0.15, -0.1) is 6.58 Å². The zero-order valence-corrected chi connectivity index (χ0v) is 19.5. The monoisotopic (exact) mass is 454 g/mol. The maximum Gasteiger partial charge on any atom is 0.298 e. The lowest BCUT2D eigenvalue weighted by Crippen LogP contribution is -2.78. The van der Waals surface area contributed by atoms with Crippen LogP contribution in [0.5, 0.6) is 5.75 Å². The number of hydrogen-bond acceptors (Lipinski definition) is 4. The molecule has 2 aliphatic heterocycles. The molecule has 4 aliphatic rings. The van der Waals surface area contributed by atoms with Gasteiger partial charge in [0, 0.05) is 36.7 Å². The Hall–Kier alpha value is -3.07. The normalized spacial score (nSPS) is 32.6. The second-order valence-electron chi connectivity index (χ2n) is 10.1. The van der Waals surface area contributed by atoms with Crippen molar-refractivity contribution in [2.45, 2.75) is 54.9 Å². The molecule has 2 heterocycles. The summed E-state index contributed by atoms with van der Waals surface area (Å²) in [6.45, 7) is 5.59. The molecule has 174 valence electrons. The largest absolute Gasteiger partial charge is 0.487 e. The first-order valence-electron chi connectivity index (χ1n) is 12.2. The molecule has 5 atom stereocenters. The third-order valence-electron chi connectivity index (χ3n) is 8.71. The number of piperidine rings is 1. The van der Waals surface area contributed by atoms with Crippen LogP contribution < -0.4 is 4.74 Å². The second-order valence-corrected chi connectivity index (χ2v) is 10.1. The minimum Gasteiger partial charge on any atom is -0.487 e. The molecule has 6 rings (SSSR count). The summed E-state index contributed by atoms with van der Waals surface area (Å²) in [5.74, 6) is 6.47. The van der Waals surface area contributed by atoms with Gasteiger partial charge in [-0.1, -0.05) is 42.3 Å². The van der Waals surface area contributed by atoms with Gasteiger partial charge in [-0.2, -0.15) is 0 Å². The third-order valence-corrected chi connectivity index (χ3v) is 8.71. The molecule has 34 heavy (non-hydrogen) atoms. The van der Waals surface area contributed by atoms with E-state index in [1.165, 1.54) is 11.1 Å². The Morgan fingerprint density at radius 2 is 2.09 bits per heavy atom. The fraction of sp³-hybridized carbons (Fsp3) is 0.414. The number of rotatable bonds is 3. The quantitative estimate of drug-likeness (QED) is 0.573. The number of hydrogen-bond donors (Lipinski definition) is 1. The van der Waals surface area contributed by atoms with Gasteiger partial charge >= 0.3 is 0 Å². The van der Waals surface area contributed by atoms with Crippen LogP contribution in [-0.4, -0.2) is 64.7 Å². The van der Waals surface area contributed by atoms with Crippen LogP contribution in [0.2, 0.25) is 0 Å². The number of carbonyl (C=O) groups is 1. The zero-order chi connectivity index (χ0) is 23.5. The summed E-state index contributed by atoms with van der Waals surface area (Å²) in [5.41, 5.74) is 1.86. The van der Waals surface area contributed by atoms with Gasteiger partial charge in [-0.25, -0.2) is 0 Å². The van der Waals surface area contributed by atoms with Gasteiger partial charge in [0.25, 0.3) is 5.91 Å². The molecular formula is C29H30N2O3. The van der Waals surface area contributed by atoms with Crippen LogP contribution >= 0.6 is 0 Å². The predicted molar refractivity (Wildman–Crippen MR) is 130 cm³/mol. The van der Waals surface area contributed by atoms with Crippen LogP contribution in [0.25, 0.3) is 0 Å². The van der Waals surface area contributed by atoms with Crippen molar-refractivity contribution in [3.05, 3.63) is 77.9 Å². The summed E-state index contributed by atoms with van der Waals surface area (Å²) in [6, 6.07) is 15.7. The molecule has 2 fully saturated rings. The molecule has 1 amide bonds. The standard InChI is InChI=1S/C29H30N2O3/c1-3-17-31-18-16-28-26-21-10-7-11-23(26)34-27(28)22(14-15-29(28,33)24(31)19-21)30(2)25(32)13-12-20-8-5-4-6-9-20/h3-11,22,24,27,33H,1,14-19H2,2H3/t22-,24+,27-,28-,29+/m0/s1. The minimum atomic E-state index is -0.894. The smallest absolute Gasteiger partial charge is 0.298 e. The molecule has 0 aromatic heterocycles. The molecule has 2 aromatic carbocycles. The molecule has 0 unspecified atom stereocenters. The van der Waals surface area contributed by atoms with E-state index < -0.39 is 11.0 Å². The number of likely N-dealkylation sites (N-methyl/N-ethyl adjacent to an activating group) is 1. The van der Waals surface area contributed by atoms with Crippen LogP contribution in [0.15, 0.2) is 61.2 Å². The number of nitrogens with zero attached hydrogens (tertiary/aromatic N) is 2. The van der Waals surface area contributed by atoms with Crippen molar-refractivity contribution in [3.8, 4) is 17.6 Å². The SMILES string of the molecule is C=CCN1CC[C@]23c4c5cccc4O[C@H]2[C@@H](N(C)C(=O)C#Cc2ccccc2)CC[C@@]3(O)[C@H]1C5. The first kappa shape index (κ1) is 21.5. The molecule has 5 nitrogen and oxygen atoms in total. The molecule has 1 spiro atoms. The molecule has 0 radical (unpaired) electrons. The van der Waals surface area contributed by atoms with Gasteiger partial charge in [0.05, 0.1) is 17.1 Å². The van der Waals surface area contributed by atoms with Crippen molar-refractivity contribution in [3.63, 3.8) is 0 Å². The topological polar surface area (TPSA) is 53.0 Å². The van der Waals surface area contributed by atoms with Gasteiger partial charge in [-0.05, 0) is 56.0 Å². The molecule has 1 saturated heterocycles. The number of carbonyl (C=O) groups excluding carboxylic acids is 1. The highest BCUT2D eigenvalue weighted by Crippen LogP contribution is 2.64. The van der Waals surface area contributed by atoms with Crippen LogP contribution in [0.3, 0.4) is 0 Å². The average molecular weight is 455 g/mol. The van der Waals surface area contributed by atoms with E-state index in [0.717, 1.165) is 37.2 Å². The summed E-state index contributed by atoms with van der Waals surface area (Å²) in [6.07, 6.45) is 4.57. The van der Waals surface area contributed by atoms with Crippen LogP contribution in [0.4, 0.5) is 0 Å². The summed E-state index contributed by atoms with van der Waals surface area (Å²) >= 11 is 0. The van der Waals surface area contributed by atoms with E-state index in [-0.39, 0.29) is 24.1 Å².